The second-order valence-electron chi connectivity index (χ2n) is 13.1. The summed E-state index contributed by atoms with van der Waals surface area (Å²) in [5, 5.41) is 17.9. The summed E-state index contributed by atoms with van der Waals surface area (Å²) >= 11 is 0. The minimum absolute atomic E-state index is 0.152. The topological polar surface area (TPSA) is 194 Å². The van der Waals surface area contributed by atoms with Gasteiger partial charge in [-0.1, -0.05) is 88.4 Å². The normalized spacial score (nSPS) is 15.8. The predicted molar refractivity (Wildman–Crippen MR) is 183 cm³/mol. The van der Waals surface area contributed by atoms with E-state index >= 15 is 0 Å². The van der Waals surface area contributed by atoms with Gasteiger partial charge >= 0.3 is 5.97 Å². The lowest BCUT2D eigenvalue weighted by Crippen LogP contribution is -2.60. The number of benzene rings is 2. The molecule has 0 aliphatic rings. The van der Waals surface area contributed by atoms with Crippen molar-refractivity contribution in [1.29, 1.82) is 0 Å². The smallest absolute Gasteiger partial charge is 0.328 e. The van der Waals surface area contributed by atoms with E-state index in [1.807, 2.05) is 60.7 Å². The van der Waals surface area contributed by atoms with Gasteiger partial charge in [-0.05, 0) is 56.1 Å². The molecule has 12 nitrogen and oxygen atoms in total. The Morgan fingerprint density at radius 2 is 1.31 bits per heavy atom. The van der Waals surface area contributed by atoms with Crippen LogP contribution in [0, 0.1) is 23.7 Å². The van der Waals surface area contributed by atoms with E-state index in [1.165, 1.54) is 21.0 Å². The molecule has 0 saturated carbocycles. The average Bonchev–Trinajstić information content (AvgIpc) is 3.05. The molecule has 3 amide bonds. The maximum Gasteiger partial charge on any atom is 0.328 e. The van der Waals surface area contributed by atoms with Crippen LogP contribution in [0.2, 0.25) is 0 Å². The largest absolute Gasteiger partial charge is 0.467 e. The number of hydrogen-bond donors (Lipinski definition) is 5. The molecule has 264 valence electrons. The molecule has 48 heavy (non-hydrogen) atoms. The zero-order valence-electron chi connectivity index (χ0n) is 29.1. The number of nitrogens with zero attached hydrogens (tertiary/aromatic N) is 1. The van der Waals surface area contributed by atoms with Crippen molar-refractivity contribution in [3.8, 4) is 0 Å². The van der Waals surface area contributed by atoms with Crippen LogP contribution >= 0.6 is 0 Å². The second kappa shape index (κ2) is 19.0. The van der Waals surface area contributed by atoms with Crippen LogP contribution in [0.3, 0.4) is 0 Å². The molecule has 12 heteroatoms. The van der Waals surface area contributed by atoms with Crippen molar-refractivity contribution < 1.29 is 33.8 Å². The van der Waals surface area contributed by atoms with E-state index in [0.717, 1.165) is 16.1 Å². The van der Waals surface area contributed by atoms with Crippen molar-refractivity contribution >= 4 is 29.5 Å². The average molecular weight is 668 g/mol. The SMILES string of the molecule is COC(=O)[C@@H](NC(=O)[C@H](C(C)C)N(N)C(=O)C(Cc1ccccc1)CC(O)C(Cc1ccccc1)C(=O)[C@H](C)NC(=O)[C@H](C)N)C(C)C. The number of aliphatic hydroxyl groups is 1. The number of hydrazine groups is 1. The number of ether oxygens (including phenoxy) is 1. The first-order chi connectivity index (χ1) is 22.6. The first-order valence-electron chi connectivity index (χ1n) is 16.4. The number of amides is 3. The van der Waals surface area contributed by atoms with Crippen LogP contribution in [0.4, 0.5) is 0 Å². The van der Waals surface area contributed by atoms with E-state index in [4.69, 9.17) is 16.3 Å². The maximum atomic E-state index is 14.2. The number of carbonyl (C=O) groups excluding carboxylic acids is 5. The molecule has 2 aromatic rings. The number of rotatable bonds is 18. The predicted octanol–water partition coefficient (Wildman–Crippen LogP) is 1.92. The monoisotopic (exact) mass is 667 g/mol. The third-order valence-electron chi connectivity index (χ3n) is 8.40. The van der Waals surface area contributed by atoms with Crippen LogP contribution in [0.15, 0.2) is 60.7 Å². The highest BCUT2D eigenvalue weighted by Gasteiger charge is 2.39. The molecule has 0 fully saturated rings. The molecule has 0 aromatic heterocycles. The van der Waals surface area contributed by atoms with Crippen LogP contribution in [-0.2, 0) is 41.6 Å². The standard InChI is InChI=1S/C36H53N5O7/c1-21(2)30(36(47)48-7)40-34(45)31(22(3)4)41(38)35(46)27(18-25-14-10-8-11-15-25)20-29(42)28(19-26-16-12-9-13-17-26)32(43)24(6)39-33(44)23(5)37/h8-17,21-24,27-31,42H,18-20,37-38H2,1-7H3,(H,39,44)(H,40,45)/t23-,24-,27?,28?,29?,30-,31-/m0/s1. The zero-order valence-corrected chi connectivity index (χ0v) is 29.1. The third kappa shape index (κ3) is 11.5. The Morgan fingerprint density at radius 1 is 0.792 bits per heavy atom. The number of methoxy groups -OCH3 is 1. The highest BCUT2D eigenvalue weighted by atomic mass is 16.5. The van der Waals surface area contributed by atoms with Crippen molar-refractivity contribution in [1.82, 2.24) is 15.6 Å². The molecule has 0 aliphatic heterocycles. The lowest BCUT2D eigenvalue weighted by molar-refractivity contribution is -0.150. The number of Topliss-reactive ketones (excluding diaryl/α,β-unsaturated/α-hetero) is 1. The Morgan fingerprint density at radius 3 is 1.77 bits per heavy atom. The fraction of sp³-hybridized carbons (Fsp3) is 0.528. The number of nitrogens with two attached hydrogens (primary N) is 2. The summed E-state index contributed by atoms with van der Waals surface area (Å²) in [6, 6.07) is 14.4. The molecule has 2 aromatic carbocycles. The van der Waals surface area contributed by atoms with Crippen molar-refractivity contribution in [3.05, 3.63) is 71.8 Å². The van der Waals surface area contributed by atoms with Gasteiger partial charge in [-0.3, -0.25) is 24.2 Å². The second-order valence-corrected chi connectivity index (χ2v) is 13.1. The van der Waals surface area contributed by atoms with Gasteiger partial charge in [0.2, 0.25) is 17.7 Å². The zero-order chi connectivity index (χ0) is 36.1. The number of carbonyl (C=O) groups is 5. The quantitative estimate of drug-likeness (QED) is 0.0683. The molecule has 3 unspecified atom stereocenters. The van der Waals surface area contributed by atoms with Gasteiger partial charge in [0.1, 0.15) is 12.1 Å². The fourth-order valence-electron chi connectivity index (χ4n) is 5.62. The Labute approximate surface area is 283 Å². The van der Waals surface area contributed by atoms with Gasteiger partial charge in [-0.2, -0.15) is 0 Å². The van der Waals surface area contributed by atoms with Crippen LogP contribution in [-0.4, -0.2) is 77.0 Å². The van der Waals surface area contributed by atoms with Crippen molar-refractivity contribution in [2.24, 2.45) is 35.2 Å². The van der Waals surface area contributed by atoms with Gasteiger partial charge in [-0.15, -0.1) is 0 Å². The third-order valence-corrected chi connectivity index (χ3v) is 8.40. The summed E-state index contributed by atoms with van der Waals surface area (Å²) in [7, 11) is 1.23. The lowest BCUT2D eigenvalue weighted by Gasteiger charge is -2.34. The Bertz CT molecular complexity index is 1350. The molecular formula is C36H53N5O7. The van der Waals surface area contributed by atoms with Crippen LogP contribution < -0.4 is 22.2 Å². The van der Waals surface area contributed by atoms with Gasteiger partial charge in [0.25, 0.3) is 0 Å². The first kappa shape index (κ1) is 40.0. The van der Waals surface area contributed by atoms with Gasteiger partial charge in [0, 0.05) is 11.8 Å². The van der Waals surface area contributed by atoms with E-state index in [-0.39, 0.29) is 25.2 Å². The molecule has 0 bridgehead atoms. The molecule has 2 rings (SSSR count). The molecule has 0 saturated heterocycles. The van der Waals surface area contributed by atoms with Gasteiger partial charge in [0.15, 0.2) is 5.78 Å². The molecule has 0 radical (unpaired) electrons. The van der Waals surface area contributed by atoms with E-state index < -0.39 is 77.5 Å². The van der Waals surface area contributed by atoms with Gasteiger partial charge in [-0.25, -0.2) is 10.6 Å². The van der Waals surface area contributed by atoms with Gasteiger partial charge < -0.3 is 26.2 Å². The van der Waals surface area contributed by atoms with Gasteiger partial charge in [0.05, 0.1) is 25.3 Å². The van der Waals surface area contributed by atoms with Crippen molar-refractivity contribution in [2.45, 2.75) is 91.1 Å². The molecule has 0 heterocycles. The number of esters is 1. The first-order valence-corrected chi connectivity index (χ1v) is 16.4. The van der Waals surface area contributed by atoms with Crippen molar-refractivity contribution in [2.75, 3.05) is 7.11 Å². The number of ketones is 1. The highest BCUT2D eigenvalue weighted by Crippen LogP contribution is 2.26. The summed E-state index contributed by atoms with van der Waals surface area (Å²) in [6.07, 6.45) is -1.17. The Balaban J connectivity index is 2.46. The van der Waals surface area contributed by atoms with Crippen LogP contribution in [0.1, 0.15) is 59.1 Å². The summed E-state index contributed by atoms with van der Waals surface area (Å²) < 4.78 is 4.85. The number of aliphatic hydroxyl groups excluding tert-OH is 1. The minimum Gasteiger partial charge on any atom is -0.467 e. The number of nitrogens with one attached hydrogen (secondary N) is 2. The molecule has 7 N–H and O–H groups in total. The van der Waals surface area contributed by atoms with E-state index in [0.29, 0.717) is 0 Å². The van der Waals surface area contributed by atoms with E-state index in [2.05, 4.69) is 10.6 Å². The fourth-order valence-corrected chi connectivity index (χ4v) is 5.62. The Hall–Kier alpha value is -4.13. The Kier molecular flexibility index (Phi) is 15.9. The summed E-state index contributed by atoms with van der Waals surface area (Å²) in [4.78, 5) is 66.2. The number of hydrogen-bond acceptors (Lipinski definition) is 9. The van der Waals surface area contributed by atoms with E-state index in [9.17, 15) is 29.1 Å². The summed E-state index contributed by atoms with van der Waals surface area (Å²) in [6.45, 7) is 10.0. The minimum atomic E-state index is -1.32. The summed E-state index contributed by atoms with van der Waals surface area (Å²) in [5.74, 6) is 0.968. The molecule has 0 aliphatic carbocycles. The molecule has 7 atom stereocenters. The van der Waals surface area contributed by atoms with E-state index in [1.54, 1.807) is 27.7 Å². The van der Waals surface area contributed by atoms with Crippen LogP contribution in [0.25, 0.3) is 0 Å². The van der Waals surface area contributed by atoms with Crippen molar-refractivity contribution in [3.63, 3.8) is 0 Å². The molecular weight excluding hydrogens is 614 g/mol. The highest BCUT2D eigenvalue weighted by molar-refractivity contribution is 5.93. The summed E-state index contributed by atoms with van der Waals surface area (Å²) in [5.41, 5.74) is 7.27. The van der Waals surface area contributed by atoms with Crippen LogP contribution in [0.5, 0.6) is 0 Å². The molecule has 0 spiro atoms. The lowest BCUT2D eigenvalue weighted by atomic mass is 9.81. The maximum absolute atomic E-state index is 14.2.